The molecule has 1 aliphatic heterocycles. The number of carboxylic acids is 1. The van der Waals surface area contributed by atoms with E-state index in [4.69, 9.17) is 9.84 Å². The molecule has 5 nitrogen and oxygen atoms in total. The zero-order valence-corrected chi connectivity index (χ0v) is 8.19. The fourth-order valence-electron chi connectivity index (χ4n) is 1.47. The van der Waals surface area contributed by atoms with E-state index in [1.165, 1.54) is 24.9 Å². The van der Waals surface area contributed by atoms with Gasteiger partial charge in [0.15, 0.2) is 0 Å². The predicted molar refractivity (Wildman–Crippen MR) is 48.8 cm³/mol. The van der Waals surface area contributed by atoms with Gasteiger partial charge in [-0.15, -0.1) is 0 Å². The number of rotatable bonds is 2. The van der Waals surface area contributed by atoms with Crippen LogP contribution in [0, 0.1) is 5.41 Å². The van der Waals surface area contributed by atoms with Crippen LogP contribution in [0.25, 0.3) is 0 Å². The number of hydrogen-bond donors (Lipinski definition) is 1. The average Bonchev–Trinajstić information content (AvgIpc) is 2.11. The lowest BCUT2D eigenvalue weighted by molar-refractivity contribution is -0.157. The smallest absolute Gasteiger partial charge is 0.410 e. The van der Waals surface area contributed by atoms with Crippen molar-refractivity contribution in [2.24, 2.45) is 5.41 Å². The summed E-state index contributed by atoms with van der Waals surface area (Å²) in [5, 5.41) is 9.04. The topological polar surface area (TPSA) is 66.8 Å². The molecular weight excluding hydrogens is 186 g/mol. The first-order valence-corrected chi connectivity index (χ1v) is 4.19. The lowest BCUT2D eigenvalue weighted by Crippen LogP contribution is -2.55. The van der Waals surface area contributed by atoms with Gasteiger partial charge >= 0.3 is 12.1 Å². The van der Waals surface area contributed by atoms with Crippen molar-refractivity contribution in [3.05, 3.63) is 12.7 Å². The molecule has 0 aliphatic carbocycles. The molecule has 14 heavy (non-hydrogen) atoms. The first-order valence-electron chi connectivity index (χ1n) is 4.19. The number of cyclic esters (lactones) is 1. The van der Waals surface area contributed by atoms with Crippen molar-refractivity contribution < 1.29 is 19.4 Å². The summed E-state index contributed by atoms with van der Waals surface area (Å²) in [6.07, 6.45) is 0.0521. The van der Waals surface area contributed by atoms with Crippen LogP contribution in [0.1, 0.15) is 6.92 Å². The first kappa shape index (κ1) is 10.6. The fourth-order valence-corrected chi connectivity index (χ4v) is 1.47. The average molecular weight is 199 g/mol. The molecule has 0 aromatic heterocycles. The van der Waals surface area contributed by atoms with Gasteiger partial charge in [-0.25, -0.2) is 4.79 Å². The minimum atomic E-state index is -1.12. The van der Waals surface area contributed by atoms with Gasteiger partial charge in [-0.1, -0.05) is 12.7 Å². The highest BCUT2D eigenvalue weighted by Crippen LogP contribution is 2.30. The third-order valence-corrected chi connectivity index (χ3v) is 2.44. The van der Waals surface area contributed by atoms with E-state index in [0.717, 1.165) is 0 Å². The van der Waals surface area contributed by atoms with Gasteiger partial charge in [-0.2, -0.15) is 0 Å². The molecule has 0 bridgehead atoms. The van der Waals surface area contributed by atoms with Crippen LogP contribution in [0.3, 0.4) is 0 Å². The molecule has 1 N–H and O–H groups in total. The van der Waals surface area contributed by atoms with Crippen LogP contribution in [-0.2, 0) is 9.53 Å². The molecule has 0 radical (unpaired) electrons. The Bertz CT molecular complexity index is 289. The largest absolute Gasteiger partial charge is 0.481 e. The molecule has 1 aliphatic rings. The summed E-state index contributed by atoms with van der Waals surface area (Å²) in [6, 6.07) is 0. The second-order valence-corrected chi connectivity index (χ2v) is 3.62. The van der Waals surface area contributed by atoms with Crippen LogP contribution in [0.15, 0.2) is 12.7 Å². The molecule has 0 saturated carbocycles. The number of hydrogen-bond acceptors (Lipinski definition) is 3. The van der Waals surface area contributed by atoms with Gasteiger partial charge in [0.05, 0.1) is 0 Å². The van der Waals surface area contributed by atoms with Crippen molar-refractivity contribution in [1.82, 2.24) is 4.90 Å². The summed E-state index contributed by atoms with van der Waals surface area (Å²) in [7, 11) is 1.50. The van der Waals surface area contributed by atoms with E-state index in [9.17, 15) is 9.59 Å². The quantitative estimate of drug-likeness (QED) is 0.665. The Hall–Kier alpha value is -1.52. The molecule has 5 heteroatoms. The molecule has 1 fully saturated rings. The summed E-state index contributed by atoms with van der Waals surface area (Å²) >= 11 is 0. The van der Waals surface area contributed by atoms with E-state index in [2.05, 4.69) is 6.58 Å². The lowest BCUT2D eigenvalue weighted by Gasteiger charge is -2.39. The number of carbonyl (C=O) groups excluding carboxylic acids is 1. The van der Waals surface area contributed by atoms with E-state index in [-0.39, 0.29) is 6.54 Å². The zero-order valence-electron chi connectivity index (χ0n) is 8.19. The van der Waals surface area contributed by atoms with Crippen molar-refractivity contribution in [2.45, 2.75) is 13.0 Å². The summed E-state index contributed by atoms with van der Waals surface area (Å²) < 4.78 is 4.91. The van der Waals surface area contributed by atoms with Gasteiger partial charge in [0.25, 0.3) is 0 Å². The molecule has 0 spiro atoms. The lowest BCUT2D eigenvalue weighted by atomic mass is 9.82. The maximum absolute atomic E-state index is 11.1. The Morgan fingerprint density at radius 2 is 2.43 bits per heavy atom. The number of carbonyl (C=O) groups is 2. The number of carboxylic acid groups (broad SMARTS) is 1. The summed E-state index contributed by atoms with van der Waals surface area (Å²) in [5.41, 5.74) is -1.12. The summed E-state index contributed by atoms with van der Waals surface area (Å²) in [4.78, 5) is 23.4. The zero-order chi connectivity index (χ0) is 10.9. The monoisotopic (exact) mass is 199 g/mol. The Labute approximate surface area is 82.0 Å². The van der Waals surface area contributed by atoms with Crippen LogP contribution >= 0.6 is 0 Å². The molecule has 78 valence electrons. The highest BCUT2D eigenvalue weighted by molar-refractivity contribution is 5.79. The van der Waals surface area contributed by atoms with Crippen molar-refractivity contribution in [3.63, 3.8) is 0 Å². The molecule has 2 atom stereocenters. The standard InChI is InChI=1S/C9H13NO4/c1-4-6-9(2,7(11)12)5-10(3)8(13)14-6/h4,6H,1,5H2,2-3H3,(H,11,12). The third-order valence-electron chi connectivity index (χ3n) is 2.44. The predicted octanol–water partition coefficient (Wildman–Crippen LogP) is 0.714. The molecule has 1 heterocycles. The number of ether oxygens (including phenoxy) is 1. The van der Waals surface area contributed by atoms with Gasteiger partial charge in [0.2, 0.25) is 0 Å². The third kappa shape index (κ3) is 1.45. The van der Waals surface area contributed by atoms with Gasteiger partial charge in [-0.05, 0) is 6.92 Å². The summed E-state index contributed by atoms with van der Waals surface area (Å²) in [6.45, 7) is 5.12. The molecule has 1 amide bonds. The molecule has 1 saturated heterocycles. The van der Waals surface area contributed by atoms with E-state index >= 15 is 0 Å². The maximum atomic E-state index is 11.1. The number of amides is 1. The van der Waals surface area contributed by atoms with Gasteiger partial charge in [0.1, 0.15) is 11.5 Å². The van der Waals surface area contributed by atoms with Crippen molar-refractivity contribution in [3.8, 4) is 0 Å². The van der Waals surface area contributed by atoms with E-state index in [1.807, 2.05) is 0 Å². The van der Waals surface area contributed by atoms with Crippen LogP contribution in [0.5, 0.6) is 0 Å². The van der Waals surface area contributed by atoms with E-state index in [0.29, 0.717) is 0 Å². The molecule has 0 aromatic carbocycles. The minimum absolute atomic E-state index is 0.123. The summed E-state index contributed by atoms with van der Waals surface area (Å²) in [5.74, 6) is -0.998. The maximum Gasteiger partial charge on any atom is 0.410 e. The van der Waals surface area contributed by atoms with Gasteiger partial charge in [0, 0.05) is 13.6 Å². The van der Waals surface area contributed by atoms with Gasteiger partial charge in [-0.3, -0.25) is 4.79 Å². The fraction of sp³-hybridized carbons (Fsp3) is 0.556. The second-order valence-electron chi connectivity index (χ2n) is 3.62. The van der Waals surface area contributed by atoms with E-state index in [1.54, 1.807) is 0 Å². The number of nitrogens with zero attached hydrogens (tertiary/aromatic N) is 1. The van der Waals surface area contributed by atoms with Crippen molar-refractivity contribution >= 4 is 12.1 Å². The molecular formula is C9H13NO4. The van der Waals surface area contributed by atoms with Crippen molar-refractivity contribution in [1.29, 1.82) is 0 Å². The first-order chi connectivity index (χ1) is 6.41. The van der Waals surface area contributed by atoms with Gasteiger partial charge < -0.3 is 14.7 Å². The number of aliphatic carboxylic acids is 1. The SMILES string of the molecule is C=CC1OC(=O)N(C)CC1(C)C(=O)O. The highest BCUT2D eigenvalue weighted by Gasteiger charge is 2.48. The molecule has 2 unspecified atom stereocenters. The van der Waals surface area contributed by atoms with Crippen molar-refractivity contribution in [2.75, 3.05) is 13.6 Å². The van der Waals surface area contributed by atoms with Crippen LogP contribution in [0.4, 0.5) is 4.79 Å². The minimum Gasteiger partial charge on any atom is -0.481 e. The normalized spacial score (nSPS) is 32.3. The highest BCUT2D eigenvalue weighted by atomic mass is 16.6. The Balaban J connectivity index is 2.98. The van der Waals surface area contributed by atoms with Crippen LogP contribution in [-0.4, -0.2) is 41.8 Å². The Morgan fingerprint density at radius 1 is 1.86 bits per heavy atom. The Morgan fingerprint density at radius 3 is 2.86 bits per heavy atom. The van der Waals surface area contributed by atoms with Crippen LogP contribution < -0.4 is 0 Å². The Kier molecular flexibility index (Phi) is 2.51. The molecule has 0 aromatic rings. The van der Waals surface area contributed by atoms with Crippen LogP contribution in [0.2, 0.25) is 0 Å². The van der Waals surface area contributed by atoms with E-state index < -0.39 is 23.6 Å². The second kappa shape index (κ2) is 3.32. The molecule has 1 rings (SSSR count).